The van der Waals surface area contributed by atoms with Gasteiger partial charge in [0.2, 0.25) is 0 Å². The lowest BCUT2D eigenvalue weighted by atomic mass is 9.78. The molecule has 0 aromatic rings. The monoisotopic (exact) mass is 157 g/mol. The molecule has 0 aliphatic carbocycles. The molecule has 62 valence electrons. The van der Waals surface area contributed by atoms with Crippen molar-refractivity contribution in [3.8, 4) is 0 Å². The molecular formula is C7H11NO3. The minimum absolute atomic E-state index is 0.122. The Bertz CT molecular complexity index is 196. The average Bonchev–Trinajstić information content (AvgIpc) is 1.84. The lowest BCUT2D eigenvalue weighted by molar-refractivity contribution is -0.160. The Hall–Kier alpha value is -0.900. The second-order valence-corrected chi connectivity index (χ2v) is 2.73. The lowest BCUT2D eigenvalue weighted by Gasteiger charge is -2.37. The number of ketones is 1. The van der Waals surface area contributed by atoms with Crippen molar-refractivity contribution < 1.29 is 14.3 Å². The molecule has 4 nitrogen and oxygen atoms in total. The highest BCUT2D eigenvalue weighted by Crippen LogP contribution is 2.24. The van der Waals surface area contributed by atoms with E-state index in [1.54, 1.807) is 0 Å². The maximum atomic E-state index is 11.1. The van der Waals surface area contributed by atoms with Gasteiger partial charge in [0.25, 0.3) is 0 Å². The summed E-state index contributed by atoms with van der Waals surface area (Å²) in [6.07, 6.45) is 0. The zero-order chi connectivity index (χ0) is 8.48. The minimum atomic E-state index is -0.880. The third-order valence-corrected chi connectivity index (χ3v) is 2.10. The van der Waals surface area contributed by atoms with Gasteiger partial charge in [-0.25, -0.2) is 0 Å². The van der Waals surface area contributed by atoms with Crippen molar-refractivity contribution >= 4 is 11.8 Å². The van der Waals surface area contributed by atoms with Crippen molar-refractivity contribution in [2.45, 2.75) is 6.92 Å². The summed E-state index contributed by atoms with van der Waals surface area (Å²) in [5.74, 6) is -0.549. The summed E-state index contributed by atoms with van der Waals surface area (Å²) >= 11 is 0. The molecule has 1 fully saturated rings. The Morgan fingerprint density at radius 1 is 1.45 bits per heavy atom. The van der Waals surface area contributed by atoms with Crippen molar-refractivity contribution in [2.24, 2.45) is 5.41 Å². The van der Waals surface area contributed by atoms with Crippen LogP contribution < -0.4 is 5.32 Å². The number of carbonyl (C=O) groups excluding carboxylic acids is 2. The van der Waals surface area contributed by atoms with Gasteiger partial charge in [0.15, 0.2) is 5.41 Å². The van der Waals surface area contributed by atoms with E-state index in [4.69, 9.17) is 0 Å². The Morgan fingerprint density at radius 2 is 2.00 bits per heavy atom. The fourth-order valence-corrected chi connectivity index (χ4v) is 1.11. The molecule has 0 radical (unpaired) electrons. The van der Waals surface area contributed by atoms with Crippen LogP contribution in [0.2, 0.25) is 0 Å². The van der Waals surface area contributed by atoms with Gasteiger partial charge in [-0.1, -0.05) is 0 Å². The number of Topliss-reactive ketones (excluding diaryl/α,β-unsaturated/α-hetero) is 1. The second kappa shape index (κ2) is 2.62. The van der Waals surface area contributed by atoms with Crippen LogP contribution in [0.4, 0.5) is 0 Å². The molecule has 0 atom stereocenters. The first-order valence-corrected chi connectivity index (χ1v) is 3.43. The number of nitrogens with one attached hydrogen (secondary N) is 1. The molecule has 1 saturated heterocycles. The summed E-state index contributed by atoms with van der Waals surface area (Å²) in [6, 6.07) is 0. The average molecular weight is 157 g/mol. The molecule has 1 rings (SSSR count). The van der Waals surface area contributed by atoms with E-state index in [1.807, 2.05) is 0 Å². The highest BCUT2D eigenvalue weighted by molar-refractivity contribution is 6.04. The molecule has 0 bridgehead atoms. The highest BCUT2D eigenvalue weighted by Gasteiger charge is 2.49. The lowest BCUT2D eigenvalue weighted by Crippen LogP contribution is -2.62. The van der Waals surface area contributed by atoms with Crippen LogP contribution in [0, 0.1) is 5.41 Å². The molecule has 0 amide bonds. The zero-order valence-electron chi connectivity index (χ0n) is 6.64. The summed E-state index contributed by atoms with van der Waals surface area (Å²) in [6.45, 7) is 2.24. The van der Waals surface area contributed by atoms with Gasteiger partial charge in [0, 0.05) is 13.1 Å². The SMILES string of the molecule is COC(=O)C1(C(C)=O)CNC1. The molecule has 1 aliphatic heterocycles. The normalized spacial score (nSPS) is 20.2. The number of ether oxygens (including phenoxy) is 1. The number of hydrogen-bond donors (Lipinski definition) is 1. The molecule has 0 unspecified atom stereocenters. The van der Waals surface area contributed by atoms with Crippen LogP contribution >= 0.6 is 0 Å². The van der Waals surface area contributed by atoms with E-state index in [-0.39, 0.29) is 5.78 Å². The summed E-state index contributed by atoms with van der Waals surface area (Å²) in [4.78, 5) is 22.1. The first kappa shape index (κ1) is 8.20. The first-order chi connectivity index (χ1) is 5.13. The molecule has 0 saturated carbocycles. The second-order valence-electron chi connectivity index (χ2n) is 2.73. The predicted molar refractivity (Wildman–Crippen MR) is 38.0 cm³/mol. The Labute approximate surface area is 64.9 Å². The molecule has 4 heteroatoms. The van der Waals surface area contributed by atoms with E-state index in [9.17, 15) is 9.59 Å². The van der Waals surface area contributed by atoms with Gasteiger partial charge >= 0.3 is 5.97 Å². The molecule has 0 aromatic heterocycles. The smallest absolute Gasteiger partial charge is 0.321 e. The van der Waals surface area contributed by atoms with Crippen LogP contribution in [-0.2, 0) is 14.3 Å². The molecule has 0 spiro atoms. The number of hydrogen-bond acceptors (Lipinski definition) is 4. The maximum Gasteiger partial charge on any atom is 0.321 e. The van der Waals surface area contributed by atoms with Gasteiger partial charge in [-0.15, -0.1) is 0 Å². The third-order valence-electron chi connectivity index (χ3n) is 2.10. The quantitative estimate of drug-likeness (QED) is 0.427. The third kappa shape index (κ3) is 1.03. The standard InChI is InChI=1S/C7H11NO3/c1-5(9)7(3-8-4-7)6(10)11-2/h8H,3-4H2,1-2H3. The Morgan fingerprint density at radius 3 is 2.09 bits per heavy atom. The van der Waals surface area contributed by atoms with E-state index in [1.165, 1.54) is 14.0 Å². The fraction of sp³-hybridized carbons (Fsp3) is 0.714. The number of carbonyl (C=O) groups is 2. The van der Waals surface area contributed by atoms with Gasteiger partial charge in [0.1, 0.15) is 5.78 Å². The molecule has 0 aromatic carbocycles. The Balaban J connectivity index is 2.75. The number of methoxy groups -OCH3 is 1. The van der Waals surface area contributed by atoms with Gasteiger partial charge < -0.3 is 10.1 Å². The van der Waals surface area contributed by atoms with Crippen LogP contribution in [0.5, 0.6) is 0 Å². The van der Waals surface area contributed by atoms with Crippen LogP contribution in [0.1, 0.15) is 6.92 Å². The van der Waals surface area contributed by atoms with Crippen molar-refractivity contribution in [2.75, 3.05) is 20.2 Å². The minimum Gasteiger partial charge on any atom is -0.468 e. The summed E-state index contributed by atoms with van der Waals surface area (Å²) in [5, 5.41) is 2.88. The van der Waals surface area contributed by atoms with Crippen LogP contribution in [0.25, 0.3) is 0 Å². The first-order valence-electron chi connectivity index (χ1n) is 3.43. The van der Waals surface area contributed by atoms with Gasteiger partial charge in [-0.3, -0.25) is 9.59 Å². The van der Waals surface area contributed by atoms with Crippen LogP contribution in [-0.4, -0.2) is 32.0 Å². The number of esters is 1. The van der Waals surface area contributed by atoms with Crippen molar-refractivity contribution in [3.05, 3.63) is 0 Å². The van der Waals surface area contributed by atoms with Crippen LogP contribution in [0.15, 0.2) is 0 Å². The van der Waals surface area contributed by atoms with E-state index in [0.717, 1.165) is 0 Å². The Kier molecular flexibility index (Phi) is 1.95. The summed E-state index contributed by atoms with van der Waals surface area (Å²) < 4.78 is 4.52. The summed E-state index contributed by atoms with van der Waals surface area (Å²) in [7, 11) is 1.30. The van der Waals surface area contributed by atoms with Gasteiger partial charge in [-0.2, -0.15) is 0 Å². The summed E-state index contributed by atoms with van der Waals surface area (Å²) in [5.41, 5.74) is -0.880. The van der Waals surface area contributed by atoms with E-state index in [2.05, 4.69) is 10.1 Å². The van der Waals surface area contributed by atoms with E-state index in [0.29, 0.717) is 13.1 Å². The molecule has 1 heterocycles. The fourth-order valence-electron chi connectivity index (χ4n) is 1.11. The maximum absolute atomic E-state index is 11.1. The van der Waals surface area contributed by atoms with Crippen LogP contribution in [0.3, 0.4) is 0 Å². The highest BCUT2D eigenvalue weighted by atomic mass is 16.5. The van der Waals surface area contributed by atoms with Gasteiger partial charge in [-0.05, 0) is 6.92 Å². The van der Waals surface area contributed by atoms with E-state index >= 15 is 0 Å². The topological polar surface area (TPSA) is 55.4 Å². The predicted octanol–water partition coefficient (Wildman–Crippen LogP) is -0.662. The van der Waals surface area contributed by atoms with Gasteiger partial charge in [0.05, 0.1) is 7.11 Å². The largest absolute Gasteiger partial charge is 0.468 e. The number of rotatable bonds is 2. The molecular weight excluding hydrogens is 146 g/mol. The van der Waals surface area contributed by atoms with Crippen molar-refractivity contribution in [3.63, 3.8) is 0 Å². The van der Waals surface area contributed by atoms with E-state index < -0.39 is 11.4 Å². The molecule has 11 heavy (non-hydrogen) atoms. The van der Waals surface area contributed by atoms with Crippen molar-refractivity contribution in [1.82, 2.24) is 5.32 Å². The molecule has 1 N–H and O–H groups in total. The van der Waals surface area contributed by atoms with Crippen molar-refractivity contribution in [1.29, 1.82) is 0 Å². The molecule has 1 aliphatic rings. The zero-order valence-corrected chi connectivity index (χ0v) is 6.64.